The minimum atomic E-state index is -1.26. The molecule has 6 nitrogen and oxygen atoms in total. The lowest BCUT2D eigenvalue weighted by Crippen LogP contribution is -2.53. The number of hydrogen-bond donors (Lipinski definition) is 5. The first-order valence-electron chi connectivity index (χ1n) is 21.2. The van der Waals surface area contributed by atoms with Crippen molar-refractivity contribution in [2.75, 3.05) is 6.61 Å². The van der Waals surface area contributed by atoms with Gasteiger partial charge in [0.2, 0.25) is 5.91 Å². The highest BCUT2D eigenvalue weighted by molar-refractivity contribution is 5.80. The number of aliphatic hydroxyl groups excluding tert-OH is 4. The average Bonchev–Trinajstić information content (AvgIpc) is 3.11. The van der Waals surface area contributed by atoms with E-state index in [0.29, 0.717) is 12.8 Å². The number of unbranched alkanes of at least 4 members (excludes halogenated alkanes) is 25. The molecular weight excluding hydrogens is 610 g/mol. The maximum Gasteiger partial charge on any atom is 0.249 e. The summed E-state index contributed by atoms with van der Waals surface area (Å²) in [5.41, 5.74) is 0. The third-order valence-electron chi connectivity index (χ3n) is 9.92. The highest BCUT2D eigenvalue weighted by Gasteiger charge is 2.28. The highest BCUT2D eigenvalue weighted by atomic mass is 16.3. The standard InChI is InChI=1S/C43H83NO5/c1-3-5-7-9-11-12-13-14-15-16-17-18-19-20-21-22-23-24-25-26-27-28-29-31-33-35-37-41(47)43(49)44-39(38-45)42(48)40(46)36-34-32-30-10-8-6-4-2/h17-18,20-21,39-42,45-48H,3-16,19,22-38H2,1-2H3,(H,44,49)/b18-17-,21-20-. The molecule has 6 heteroatoms. The van der Waals surface area contributed by atoms with Crippen molar-refractivity contribution < 1.29 is 25.2 Å². The number of nitrogens with one attached hydrogen (secondary N) is 1. The summed E-state index contributed by atoms with van der Waals surface area (Å²) >= 11 is 0. The van der Waals surface area contributed by atoms with Gasteiger partial charge in [-0.05, 0) is 44.9 Å². The monoisotopic (exact) mass is 694 g/mol. The Morgan fingerprint density at radius 1 is 0.510 bits per heavy atom. The number of allylic oxidation sites excluding steroid dienone is 4. The molecule has 0 saturated heterocycles. The van der Waals surface area contributed by atoms with Crippen molar-refractivity contribution in [3.8, 4) is 0 Å². The van der Waals surface area contributed by atoms with Crippen LogP contribution in [-0.2, 0) is 4.79 Å². The molecule has 0 aliphatic carbocycles. The van der Waals surface area contributed by atoms with E-state index in [9.17, 15) is 25.2 Å². The zero-order valence-corrected chi connectivity index (χ0v) is 32.4. The fraction of sp³-hybridized carbons (Fsp3) is 0.884. The number of aliphatic hydroxyl groups is 4. The molecule has 5 N–H and O–H groups in total. The Labute approximate surface area is 304 Å². The topological polar surface area (TPSA) is 110 Å². The van der Waals surface area contributed by atoms with E-state index in [0.717, 1.165) is 44.9 Å². The number of rotatable bonds is 38. The Morgan fingerprint density at radius 3 is 1.29 bits per heavy atom. The molecule has 49 heavy (non-hydrogen) atoms. The summed E-state index contributed by atoms with van der Waals surface area (Å²) in [6, 6.07) is -0.982. The molecule has 0 saturated carbocycles. The Balaban J connectivity index is 3.64. The van der Waals surface area contributed by atoms with Gasteiger partial charge in [-0.25, -0.2) is 0 Å². The van der Waals surface area contributed by atoms with Crippen LogP contribution in [-0.4, -0.2) is 57.3 Å². The van der Waals surface area contributed by atoms with Crippen LogP contribution in [0.2, 0.25) is 0 Å². The summed E-state index contributed by atoms with van der Waals surface area (Å²) in [5, 5.41) is 43.3. The first kappa shape index (κ1) is 47.8. The molecule has 0 bridgehead atoms. The molecule has 0 aromatic heterocycles. The van der Waals surface area contributed by atoms with Crippen LogP contribution in [0.1, 0.15) is 213 Å². The van der Waals surface area contributed by atoms with Gasteiger partial charge >= 0.3 is 0 Å². The van der Waals surface area contributed by atoms with E-state index in [4.69, 9.17) is 0 Å². The minimum Gasteiger partial charge on any atom is -0.394 e. The largest absolute Gasteiger partial charge is 0.394 e. The smallest absolute Gasteiger partial charge is 0.249 e. The Morgan fingerprint density at radius 2 is 0.878 bits per heavy atom. The molecule has 0 heterocycles. The predicted octanol–water partition coefficient (Wildman–Crippen LogP) is 10.8. The van der Waals surface area contributed by atoms with Crippen LogP contribution in [0.3, 0.4) is 0 Å². The van der Waals surface area contributed by atoms with Gasteiger partial charge in [-0.1, -0.05) is 192 Å². The summed E-state index contributed by atoms with van der Waals surface area (Å²) in [6.07, 6.45) is 42.4. The SMILES string of the molecule is CCCCCCCCCCC/C=C\C/C=C\CCCCCCCCCCCCC(O)C(=O)NC(CO)C(O)C(O)CCCCCCCCC. The zero-order chi connectivity index (χ0) is 36.0. The zero-order valence-electron chi connectivity index (χ0n) is 32.4. The number of hydrogen-bond acceptors (Lipinski definition) is 5. The summed E-state index contributed by atoms with van der Waals surface area (Å²) in [7, 11) is 0. The second-order valence-corrected chi connectivity index (χ2v) is 14.7. The van der Waals surface area contributed by atoms with Crippen molar-refractivity contribution in [2.45, 2.75) is 237 Å². The van der Waals surface area contributed by atoms with E-state index in [2.05, 4.69) is 43.5 Å². The lowest BCUT2D eigenvalue weighted by molar-refractivity contribution is -0.132. The predicted molar refractivity (Wildman–Crippen MR) is 210 cm³/mol. The maximum absolute atomic E-state index is 12.4. The van der Waals surface area contributed by atoms with Crippen molar-refractivity contribution in [3.05, 3.63) is 24.3 Å². The molecule has 0 aliphatic rings. The molecule has 4 atom stereocenters. The van der Waals surface area contributed by atoms with Gasteiger partial charge in [0.25, 0.3) is 0 Å². The van der Waals surface area contributed by atoms with Crippen molar-refractivity contribution in [1.29, 1.82) is 0 Å². The van der Waals surface area contributed by atoms with Crippen molar-refractivity contribution >= 4 is 5.91 Å². The third kappa shape index (κ3) is 32.4. The molecular formula is C43H83NO5. The molecule has 1 amide bonds. The molecule has 0 spiro atoms. The van der Waals surface area contributed by atoms with Crippen LogP contribution in [0.15, 0.2) is 24.3 Å². The molecule has 0 aliphatic heterocycles. The van der Waals surface area contributed by atoms with Crippen molar-refractivity contribution in [2.24, 2.45) is 0 Å². The molecule has 4 unspecified atom stereocenters. The highest BCUT2D eigenvalue weighted by Crippen LogP contribution is 2.15. The fourth-order valence-corrected chi connectivity index (χ4v) is 6.49. The van der Waals surface area contributed by atoms with Crippen LogP contribution < -0.4 is 5.32 Å². The lowest BCUT2D eigenvalue weighted by atomic mass is 9.99. The first-order valence-corrected chi connectivity index (χ1v) is 21.2. The van der Waals surface area contributed by atoms with Gasteiger partial charge in [-0.2, -0.15) is 0 Å². The normalized spacial score (nSPS) is 14.5. The van der Waals surface area contributed by atoms with E-state index in [1.807, 2.05) is 0 Å². The van der Waals surface area contributed by atoms with E-state index < -0.39 is 36.9 Å². The Hall–Kier alpha value is -1.21. The van der Waals surface area contributed by atoms with Gasteiger partial charge in [0, 0.05) is 0 Å². The van der Waals surface area contributed by atoms with Crippen LogP contribution in [0.5, 0.6) is 0 Å². The summed E-state index contributed by atoms with van der Waals surface area (Å²) in [5.74, 6) is -0.590. The quantitative estimate of drug-likeness (QED) is 0.0327. The van der Waals surface area contributed by atoms with Crippen LogP contribution >= 0.6 is 0 Å². The van der Waals surface area contributed by atoms with Crippen LogP contribution in [0.4, 0.5) is 0 Å². The molecule has 290 valence electrons. The average molecular weight is 694 g/mol. The number of amides is 1. The van der Waals surface area contributed by atoms with Gasteiger partial charge in [0.05, 0.1) is 18.8 Å². The van der Waals surface area contributed by atoms with Gasteiger partial charge in [0.15, 0.2) is 0 Å². The molecule has 0 aromatic rings. The summed E-state index contributed by atoms with van der Waals surface area (Å²) in [4.78, 5) is 12.4. The van der Waals surface area contributed by atoms with E-state index in [-0.39, 0.29) is 0 Å². The third-order valence-corrected chi connectivity index (χ3v) is 9.92. The molecule has 0 rings (SSSR count). The fourth-order valence-electron chi connectivity index (χ4n) is 6.49. The lowest BCUT2D eigenvalue weighted by Gasteiger charge is -2.27. The maximum atomic E-state index is 12.4. The van der Waals surface area contributed by atoms with E-state index >= 15 is 0 Å². The Kier molecular flexibility index (Phi) is 37.1. The van der Waals surface area contributed by atoms with Gasteiger partial charge in [-0.15, -0.1) is 0 Å². The number of carbonyl (C=O) groups excluding carboxylic acids is 1. The summed E-state index contributed by atoms with van der Waals surface area (Å²) in [6.45, 7) is 3.99. The minimum absolute atomic E-state index is 0.366. The molecule has 0 fully saturated rings. The van der Waals surface area contributed by atoms with Crippen LogP contribution in [0.25, 0.3) is 0 Å². The first-order chi connectivity index (χ1) is 24.0. The van der Waals surface area contributed by atoms with Crippen LogP contribution in [0, 0.1) is 0 Å². The van der Waals surface area contributed by atoms with Crippen molar-refractivity contribution in [1.82, 2.24) is 5.32 Å². The van der Waals surface area contributed by atoms with Gasteiger partial charge < -0.3 is 25.7 Å². The summed E-state index contributed by atoms with van der Waals surface area (Å²) < 4.78 is 0. The van der Waals surface area contributed by atoms with Gasteiger partial charge in [0.1, 0.15) is 12.2 Å². The van der Waals surface area contributed by atoms with Crippen molar-refractivity contribution in [3.63, 3.8) is 0 Å². The van der Waals surface area contributed by atoms with E-state index in [1.54, 1.807) is 0 Å². The second-order valence-electron chi connectivity index (χ2n) is 14.7. The number of carbonyl (C=O) groups is 1. The van der Waals surface area contributed by atoms with E-state index in [1.165, 1.54) is 141 Å². The Bertz CT molecular complexity index is 742. The molecule has 0 aromatic carbocycles. The van der Waals surface area contributed by atoms with Gasteiger partial charge in [-0.3, -0.25) is 4.79 Å². The second kappa shape index (κ2) is 38.0. The molecule has 0 radical (unpaired) electrons.